The second kappa shape index (κ2) is 9.65. The van der Waals surface area contributed by atoms with Crippen LogP contribution in [0.15, 0.2) is 53.5 Å². The van der Waals surface area contributed by atoms with Crippen LogP contribution in [0.1, 0.15) is 37.4 Å². The van der Waals surface area contributed by atoms with Crippen LogP contribution in [-0.2, 0) is 11.3 Å². The van der Waals surface area contributed by atoms with Gasteiger partial charge >= 0.3 is 0 Å². The molecule has 29 heavy (non-hydrogen) atoms. The standard InChI is InChI=1S/C23H31N3O3/c1-23(2)15-20(19-10-5-6-11-21(19)29-23)26-22(24-3)25-12-13-28-16-17-8-7-9-18(14-17)27-4/h5-11,14,20H,12-13,15-16H2,1-4H3,(H2,24,25,26). The first-order valence-corrected chi connectivity index (χ1v) is 9.96. The van der Waals surface area contributed by atoms with Gasteiger partial charge < -0.3 is 24.8 Å². The molecule has 2 aromatic rings. The van der Waals surface area contributed by atoms with Gasteiger partial charge in [0.05, 0.1) is 26.4 Å². The molecule has 0 radical (unpaired) electrons. The van der Waals surface area contributed by atoms with Crippen LogP contribution in [0.25, 0.3) is 0 Å². The quantitative estimate of drug-likeness (QED) is 0.424. The molecule has 1 atom stereocenters. The summed E-state index contributed by atoms with van der Waals surface area (Å²) in [6.07, 6.45) is 0.858. The Hall–Kier alpha value is -2.73. The number of para-hydroxylation sites is 1. The molecule has 1 aliphatic heterocycles. The van der Waals surface area contributed by atoms with E-state index in [-0.39, 0.29) is 11.6 Å². The lowest BCUT2D eigenvalue weighted by Gasteiger charge is -2.38. The maximum Gasteiger partial charge on any atom is 0.191 e. The van der Waals surface area contributed by atoms with Crippen molar-refractivity contribution in [3.8, 4) is 11.5 Å². The van der Waals surface area contributed by atoms with E-state index in [0.717, 1.165) is 35.0 Å². The topological polar surface area (TPSA) is 64.1 Å². The average Bonchev–Trinajstić information content (AvgIpc) is 2.72. The van der Waals surface area contributed by atoms with Gasteiger partial charge in [-0.15, -0.1) is 0 Å². The minimum Gasteiger partial charge on any atom is -0.497 e. The van der Waals surface area contributed by atoms with Crippen molar-refractivity contribution in [2.24, 2.45) is 4.99 Å². The van der Waals surface area contributed by atoms with E-state index in [9.17, 15) is 0 Å². The number of rotatable bonds is 7. The molecule has 1 heterocycles. The van der Waals surface area contributed by atoms with E-state index in [1.54, 1.807) is 14.2 Å². The van der Waals surface area contributed by atoms with Crippen LogP contribution in [0.4, 0.5) is 0 Å². The predicted molar refractivity (Wildman–Crippen MR) is 116 cm³/mol. The summed E-state index contributed by atoms with van der Waals surface area (Å²) in [7, 11) is 3.45. The number of fused-ring (bicyclic) bond motifs is 1. The number of benzene rings is 2. The highest BCUT2D eigenvalue weighted by Crippen LogP contribution is 2.39. The number of nitrogens with one attached hydrogen (secondary N) is 2. The highest BCUT2D eigenvalue weighted by molar-refractivity contribution is 5.80. The van der Waals surface area contributed by atoms with E-state index in [1.165, 1.54) is 0 Å². The Morgan fingerprint density at radius 2 is 2.03 bits per heavy atom. The highest BCUT2D eigenvalue weighted by Gasteiger charge is 2.33. The minimum absolute atomic E-state index is 0.138. The molecule has 0 saturated carbocycles. The number of nitrogens with zero attached hydrogens (tertiary/aromatic N) is 1. The van der Waals surface area contributed by atoms with Gasteiger partial charge in [-0.2, -0.15) is 0 Å². The van der Waals surface area contributed by atoms with Gasteiger partial charge in [0, 0.05) is 25.6 Å². The lowest BCUT2D eigenvalue weighted by Crippen LogP contribution is -2.45. The van der Waals surface area contributed by atoms with Gasteiger partial charge in [-0.25, -0.2) is 0 Å². The highest BCUT2D eigenvalue weighted by atomic mass is 16.5. The fourth-order valence-corrected chi connectivity index (χ4v) is 3.48. The number of methoxy groups -OCH3 is 1. The van der Waals surface area contributed by atoms with E-state index in [1.807, 2.05) is 42.5 Å². The summed E-state index contributed by atoms with van der Waals surface area (Å²) in [6, 6.07) is 16.2. The van der Waals surface area contributed by atoms with E-state index in [4.69, 9.17) is 14.2 Å². The van der Waals surface area contributed by atoms with Gasteiger partial charge in [-0.05, 0) is 37.6 Å². The Morgan fingerprint density at radius 3 is 2.83 bits per heavy atom. The Bertz CT molecular complexity index is 836. The maximum absolute atomic E-state index is 6.11. The first-order valence-electron chi connectivity index (χ1n) is 9.96. The first-order chi connectivity index (χ1) is 14.0. The zero-order chi connectivity index (χ0) is 20.7. The molecule has 156 valence electrons. The largest absolute Gasteiger partial charge is 0.497 e. The van der Waals surface area contributed by atoms with Crippen LogP contribution in [0.3, 0.4) is 0 Å². The predicted octanol–water partition coefficient (Wildman–Crippen LogP) is 3.68. The fraction of sp³-hybridized carbons (Fsp3) is 0.435. The number of hydrogen-bond donors (Lipinski definition) is 2. The van der Waals surface area contributed by atoms with Gasteiger partial charge in [0.2, 0.25) is 0 Å². The van der Waals surface area contributed by atoms with Crippen molar-refractivity contribution < 1.29 is 14.2 Å². The van der Waals surface area contributed by atoms with Gasteiger partial charge in [0.15, 0.2) is 5.96 Å². The molecular weight excluding hydrogens is 366 g/mol. The number of guanidine groups is 1. The second-order valence-electron chi connectivity index (χ2n) is 7.70. The maximum atomic E-state index is 6.11. The van der Waals surface area contributed by atoms with Crippen LogP contribution in [-0.4, -0.2) is 38.9 Å². The van der Waals surface area contributed by atoms with Crippen molar-refractivity contribution in [1.29, 1.82) is 0 Å². The monoisotopic (exact) mass is 397 g/mol. The molecule has 0 aromatic heterocycles. The van der Waals surface area contributed by atoms with Crippen molar-refractivity contribution in [2.45, 2.75) is 38.5 Å². The Morgan fingerprint density at radius 1 is 1.21 bits per heavy atom. The molecule has 0 aliphatic carbocycles. The number of hydrogen-bond acceptors (Lipinski definition) is 4. The van der Waals surface area contributed by atoms with Crippen molar-refractivity contribution in [2.75, 3.05) is 27.3 Å². The van der Waals surface area contributed by atoms with E-state index in [2.05, 4.69) is 35.5 Å². The van der Waals surface area contributed by atoms with Crippen LogP contribution in [0, 0.1) is 0 Å². The molecule has 0 spiro atoms. The summed E-state index contributed by atoms with van der Waals surface area (Å²) in [5.74, 6) is 2.53. The smallest absolute Gasteiger partial charge is 0.191 e. The molecule has 1 aliphatic rings. The molecule has 0 amide bonds. The van der Waals surface area contributed by atoms with Crippen LogP contribution in [0.5, 0.6) is 11.5 Å². The molecule has 1 unspecified atom stereocenters. The SMILES string of the molecule is CN=C(NCCOCc1cccc(OC)c1)NC1CC(C)(C)Oc2ccccc21. The van der Waals surface area contributed by atoms with Gasteiger partial charge in [0.1, 0.15) is 17.1 Å². The summed E-state index contributed by atoms with van der Waals surface area (Å²) < 4.78 is 17.1. The Labute approximate surface area is 173 Å². The Balaban J connectivity index is 1.48. The number of aliphatic imine (C=N–C) groups is 1. The summed E-state index contributed by atoms with van der Waals surface area (Å²) in [4.78, 5) is 4.36. The molecule has 2 aromatic carbocycles. The summed E-state index contributed by atoms with van der Waals surface area (Å²) in [5.41, 5.74) is 2.02. The molecule has 0 fully saturated rings. The summed E-state index contributed by atoms with van der Waals surface area (Å²) >= 11 is 0. The normalized spacial score (nSPS) is 17.8. The van der Waals surface area contributed by atoms with Crippen molar-refractivity contribution in [1.82, 2.24) is 10.6 Å². The van der Waals surface area contributed by atoms with Crippen LogP contribution >= 0.6 is 0 Å². The van der Waals surface area contributed by atoms with Crippen molar-refractivity contribution in [3.63, 3.8) is 0 Å². The fourth-order valence-electron chi connectivity index (χ4n) is 3.48. The molecule has 6 heteroatoms. The van der Waals surface area contributed by atoms with E-state index in [0.29, 0.717) is 19.8 Å². The van der Waals surface area contributed by atoms with Crippen LogP contribution < -0.4 is 20.1 Å². The third-order valence-electron chi connectivity index (χ3n) is 4.85. The summed E-state index contributed by atoms with van der Waals surface area (Å²) in [6.45, 7) is 6.01. The molecule has 0 bridgehead atoms. The third kappa shape index (κ3) is 5.87. The Kier molecular flexibility index (Phi) is 6.99. The molecule has 6 nitrogen and oxygen atoms in total. The van der Waals surface area contributed by atoms with Gasteiger partial charge in [0.25, 0.3) is 0 Å². The van der Waals surface area contributed by atoms with Crippen LogP contribution in [0.2, 0.25) is 0 Å². The average molecular weight is 398 g/mol. The first kappa shape index (κ1) is 21.0. The molecule has 3 rings (SSSR count). The zero-order valence-electron chi connectivity index (χ0n) is 17.7. The summed E-state index contributed by atoms with van der Waals surface area (Å²) in [5, 5.41) is 6.86. The van der Waals surface area contributed by atoms with Gasteiger partial charge in [-0.1, -0.05) is 30.3 Å². The van der Waals surface area contributed by atoms with E-state index < -0.39 is 0 Å². The molecule has 2 N–H and O–H groups in total. The second-order valence-corrected chi connectivity index (χ2v) is 7.70. The third-order valence-corrected chi connectivity index (χ3v) is 4.85. The molecule has 0 saturated heterocycles. The van der Waals surface area contributed by atoms with Crippen molar-refractivity contribution >= 4 is 5.96 Å². The van der Waals surface area contributed by atoms with Crippen molar-refractivity contribution in [3.05, 3.63) is 59.7 Å². The lowest BCUT2D eigenvalue weighted by molar-refractivity contribution is 0.0693. The number of ether oxygens (including phenoxy) is 3. The molecular formula is C23H31N3O3. The zero-order valence-corrected chi connectivity index (χ0v) is 17.7. The van der Waals surface area contributed by atoms with E-state index >= 15 is 0 Å². The van der Waals surface area contributed by atoms with Gasteiger partial charge in [-0.3, -0.25) is 4.99 Å². The lowest BCUT2D eigenvalue weighted by atomic mass is 9.90. The minimum atomic E-state index is -0.231.